The Balaban J connectivity index is 1.89. The number of nitrogens with zero attached hydrogens (tertiary/aromatic N) is 2. The molecule has 1 saturated heterocycles. The lowest BCUT2D eigenvalue weighted by Gasteiger charge is -2.32. The highest BCUT2D eigenvalue weighted by Crippen LogP contribution is 2.12. The van der Waals surface area contributed by atoms with E-state index in [4.69, 9.17) is 14.5 Å². The van der Waals surface area contributed by atoms with Crippen LogP contribution in [0.1, 0.15) is 37.8 Å². The van der Waals surface area contributed by atoms with E-state index in [1.165, 1.54) is 0 Å². The van der Waals surface area contributed by atoms with E-state index < -0.39 is 0 Å². The number of aliphatic imine (C=N–C) groups is 1. The molecule has 1 aliphatic heterocycles. The van der Waals surface area contributed by atoms with Crippen LogP contribution in [0, 0.1) is 0 Å². The van der Waals surface area contributed by atoms with Crippen LogP contribution >= 0.6 is 0 Å². The lowest BCUT2D eigenvalue weighted by atomic mass is 10.1. The number of piperidine rings is 1. The number of methoxy groups -OCH3 is 1. The summed E-state index contributed by atoms with van der Waals surface area (Å²) < 4.78 is 10.3. The third-order valence-electron chi connectivity index (χ3n) is 4.43. The molecule has 7 nitrogen and oxygen atoms in total. The minimum atomic E-state index is -0.215. The number of likely N-dealkylation sites (tertiary alicyclic amines) is 1. The standard InChI is InChI=1S/C20H32N4O3/c1-4-21-19(22-14-16-7-6-8-17(13-16)15-26-3)23-18-9-11-24(12-10-18)20(25)27-5-2/h6-8,13,18H,4-5,9-12,14-15H2,1-3H3,(H2,21,22,23). The van der Waals surface area contributed by atoms with Crippen molar-refractivity contribution in [3.8, 4) is 0 Å². The van der Waals surface area contributed by atoms with Crippen LogP contribution in [0.25, 0.3) is 0 Å². The molecule has 1 amide bonds. The summed E-state index contributed by atoms with van der Waals surface area (Å²) in [5.74, 6) is 0.809. The van der Waals surface area contributed by atoms with Crippen LogP contribution in [-0.2, 0) is 22.6 Å². The van der Waals surface area contributed by atoms with Crippen molar-refractivity contribution < 1.29 is 14.3 Å². The summed E-state index contributed by atoms with van der Waals surface area (Å²) in [6.07, 6.45) is 1.55. The van der Waals surface area contributed by atoms with Gasteiger partial charge in [0.05, 0.1) is 19.8 Å². The fourth-order valence-corrected chi connectivity index (χ4v) is 3.09. The van der Waals surface area contributed by atoms with Gasteiger partial charge >= 0.3 is 6.09 Å². The zero-order valence-corrected chi connectivity index (χ0v) is 16.7. The van der Waals surface area contributed by atoms with Crippen molar-refractivity contribution in [2.75, 3.05) is 33.4 Å². The van der Waals surface area contributed by atoms with Gasteiger partial charge in [0, 0.05) is 32.8 Å². The van der Waals surface area contributed by atoms with Gasteiger partial charge in [0.15, 0.2) is 5.96 Å². The molecule has 0 atom stereocenters. The third kappa shape index (κ3) is 7.09. The van der Waals surface area contributed by atoms with Crippen molar-refractivity contribution >= 4 is 12.1 Å². The number of rotatable bonds is 7. The minimum absolute atomic E-state index is 0.215. The number of ether oxygens (including phenoxy) is 2. The summed E-state index contributed by atoms with van der Waals surface area (Å²) in [6, 6.07) is 8.58. The average Bonchev–Trinajstić information content (AvgIpc) is 2.68. The normalized spacial score (nSPS) is 15.5. The third-order valence-corrected chi connectivity index (χ3v) is 4.43. The highest BCUT2D eigenvalue weighted by atomic mass is 16.6. The maximum Gasteiger partial charge on any atom is 0.409 e. The molecule has 0 aromatic heterocycles. The topological polar surface area (TPSA) is 75.2 Å². The second-order valence-corrected chi connectivity index (χ2v) is 6.55. The molecule has 2 rings (SSSR count). The SMILES string of the molecule is CCNC(=NCc1cccc(COC)c1)NC1CCN(C(=O)OCC)CC1. The highest BCUT2D eigenvalue weighted by Gasteiger charge is 2.23. The molecule has 0 aliphatic carbocycles. The number of hydrogen-bond donors (Lipinski definition) is 2. The summed E-state index contributed by atoms with van der Waals surface area (Å²) in [6.45, 7) is 7.72. The molecule has 0 spiro atoms. The van der Waals surface area contributed by atoms with Gasteiger partial charge in [0.1, 0.15) is 0 Å². The fraction of sp³-hybridized carbons (Fsp3) is 0.600. The van der Waals surface area contributed by atoms with Crippen molar-refractivity contribution in [1.29, 1.82) is 0 Å². The largest absolute Gasteiger partial charge is 0.450 e. The Hall–Kier alpha value is -2.28. The smallest absolute Gasteiger partial charge is 0.409 e. The Morgan fingerprint density at radius 3 is 2.67 bits per heavy atom. The molecule has 0 radical (unpaired) electrons. The Morgan fingerprint density at radius 2 is 2.00 bits per heavy atom. The number of nitrogens with one attached hydrogen (secondary N) is 2. The van der Waals surface area contributed by atoms with E-state index >= 15 is 0 Å². The van der Waals surface area contributed by atoms with Crippen LogP contribution in [0.15, 0.2) is 29.3 Å². The molecule has 1 aromatic rings. The Kier molecular flexibility index (Phi) is 8.91. The quantitative estimate of drug-likeness (QED) is 0.565. The maximum absolute atomic E-state index is 11.8. The Labute approximate surface area is 162 Å². The summed E-state index contributed by atoms with van der Waals surface area (Å²) in [5.41, 5.74) is 2.30. The van der Waals surface area contributed by atoms with Crippen molar-refractivity contribution in [3.05, 3.63) is 35.4 Å². The van der Waals surface area contributed by atoms with Crippen LogP contribution in [0.3, 0.4) is 0 Å². The predicted octanol–water partition coefficient (Wildman–Crippen LogP) is 2.51. The monoisotopic (exact) mass is 376 g/mol. The first-order chi connectivity index (χ1) is 13.2. The number of benzene rings is 1. The molecule has 0 saturated carbocycles. The first kappa shape index (κ1) is 21.0. The average molecular weight is 377 g/mol. The lowest BCUT2D eigenvalue weighted by molar-refractivity contribution is 0.0963. The van der Waals surface area contributed by atoms with Gasteiger partial charge in [-0.15, -0.1) is 0 Å². The first-order valence-corrected chi connectivity index (χ1v) is 9.69. The predicted molar refractivity (Wildman–Crippen MR) is 107 cm³/mol. The van der Waals surface area contributed by atoms with Crippen LogP contribution in [0.5, 0.6) is 0 Å². The fourth-order valence-electron chi connectivity index (χ4n) is 3.09. The van der Waals surface area contributed by atoms with E-state index in [-0.39, 0.29) is 6.09 Å². The van der Waals surface area contributed by atoms with Crippen LogP contribution in [0.4, 0.5) is 4.79 Å². The highest BCUT2D eigenvalue weighted by molar-refractivity contribution is 5.80. The van der Waals surface area contributed by atoms with Crippen LogP contribution < -0.4 is 10.6 Å². The molecular weight excluding hydrogens is 344 g/mol. The molecule has 150 valence electrons. The zero-order valence-electron chi connectivity index (χ0n) is 16.7. The number of amides is 1. The number of hydrogen-bond acceptors (Lipinski definition) is 4. The first-order valence-electron chi connectivity index (χ1n) is 9.69. The van der Waals surface area contributed by atoms with Gasteiger partial charge in [-0.1, -0.05) is 24.3 Å². The van der Waals surface area contributed by atoms with Crippen LogP contribution in [-0.4, -0.2) is 56.3 Å². The Bertz CT molecular complexity index is 613. The molecular formula is C20H32N4O3. The minimum Gasteiger partial charge on any atom is -0.450 e. The van der Waals surface area contributed by atoms with E-state index in [0.717, 1.165) is 36.5 Å². The van der Waals surface area contributed by atoms with Gasteiger partial charge < -0.3 is 25.0 Å². The van der Waals surface area contributed by atoms with Gasteiger partial charge in [-0.05, 0) is 37.8 Å². The molecule has 1 aromatic carbocycles. The second kappa shape index (κ2) is 11.4. The van der Waals surface area contributed by atoms with Crippen LogP contribution in [0.2, 0.25) is 0 Å². The molecule has 1 fully saturated rings. The Morgan fingerprint density at radius 1 is 1.26 bits per heavy atom. The van der Waals surface area contributed by atoms with E-state index in [1.54, 1.807) is 12.0 Å². The lowest BCUT2D eigenvalue weighted by Crippen LogP contribution is -2.49. The summed E-state index contributed by atoms with van der Waals surface area (Å²) in [7, 11) is 1.70. The molecule has 0 unspecified atom stereocenters. The van der Waals surface area contributed by atoms with Gasteiger partial charge in [-0.25, -0.2) is 9.79 Å². The molecule has 0 bridgehead atoms. The van der Waals surface area contributed by atoms with E-state index in [9.17, 15) is 4.79 Å². The number of carbonyl (C=O) groups is 1. The van der Waals surface area contributed by atoms with E-state index in [1.807, 2.05) is 13.0 Å². The number of guanidine groups is 1. The zero-order chi connectivity index (χ0) is 19.5. The summed E-state index contributed by atoms with van der Waals surface area (Å²) >= 11 is 0. The van der Waals surface area contributed by atoms with Gasteiger partial charge in [-0.2, -0.15) is 0 Å². The molecule has 1 aliphatic rings. The number of carbonyl (C=O) groups excluding carboxylic acids is 1. The second-order valence-electron chi connectivity index (χ2n) is 6.55. The molecule has 2 N–H and O–H groups in total. The van der Waals surface area contributed by atoms with Gasteiger partial charge in [0.25, 0.3) is 0 Å². The molecule has 1 heterocycles. The molecule has 7 heteroatoms. The molecule has 27 heavy (non-hydrogen) atoms. The van der Waals surface area contributed by atoms with Crippen molar-refractivity contribution in [2.45, 2.75) is 45.9 Å². The maximum atomic E-state index is 11.8. The van der Waals surface area contributed by atoms with Crippen molar-refractivity contribution in [2.24, 2.45) is 4.99 Å². The summed E-state index contributed by atoms with van der Waals surface area (Å²) in [4.78, 5) is 18.3. The van der Waals surface area contributed by atoms with Gasteiger partial charge in [0.2, 0.25) is 0 Å². The van der Waals surface area contributed by atoms with E-state index in [2.05, 4.69) is 35.8 Å². The van der Waals surface area contributed by atoms with Crippen molar-refractivity contribution in [1.82, 2.24) is 15.5 Å². The van der Waals surface area contributed by atoms with Crippen molar-refractivity contribution in [3.63, 3.8) is 0 Å². The van der Waals surface area contributed by atoms with Gasteiger partial charge in [-0.3, -0.25) is 0 Å². The summed E-state index contributed by atoms with van der Waals surface area (Å²) in [5, 5.41) is 6.80. The van der Waals surface area contributed by atoms with E-state index in [0.29, 0.717) is 38.9 Å².